The van der Waals surface area contributed by atoms with Crippen molar-refractivity contribution in [2.75, 3.05) is 30.4 Å². The number of hydrogen-bond donors (Lipinski definition) is 1. The summed E-state index contributed by atoms with van der Waals surface area (Å²) in [5.74, 6) is 0.812. The topological polar surface area (TPSA) is 84.4 Å². The van der Waals surface area contributed by atoms with Crippen LogP contribution < -0.4 is 10.2 Å². The lowest BCUT2D eigenvalue weighted by atomic mass is 10.00. The predicted molar refractivity (Wildman–Crippen MR) is 118 cm³/mol. The molecule has 4 rings (SSSR count). The first-order chi connectivity index (χ1) is 14.5. The minimum absolute atomic E-state index is 0.203. The third-order valence-corrected chi connectivity index (χ3v) is 6.40. The number of carbonyl (C=O) groups is 2. The minimum atomic E-state index is -0.412. The van der Waals surface area contributed by atoms with Crippen LogP contribution in [-0.4, -0.2) is 42.0 Å². The van der Waals surface area contributed by atoms with Gasteiger partial charge in [0.25, 0.3) is 5.91 Å². The summed E-state index contributed by atoms with van der Waals surface area (Å²) in [6, 6.07) is 6.64. The van der Waals surface area contributed by atoms with Crippen LogP contribution >= 0.6 is 11.3 Å². The van der Waals surface area contributed by atoms with Gasteiger partial charge in [0.05, 0.1) is 23.6 Å². The predicted octanol–water partition coefficient (Wildman–Crippen LogP) is 4.27. The number of methoxy groups -OCH3 is 1. The van der Waals surface area contributed by atoms with Crippen LogP contribution in [0, 0.1) is 12.8 Å². The average Bonchev–Trinajstić information content (AvgIpc) is 3.09. The summed E-state index contributed by atoms with van der Waals surface area (Å²) < 4.78 is 4.71. The Kier molecular flexibility index (Phi) is 5.67. The number of esters is 1. The van der Waals surface area contributed by atoms with E-state index in [9.17, 15) is 9.59 Å². The fourth-order valence-electron chi connectivity index (χ4n) is 3.92. The van der Waals surface area contributed by atoms with E-state index in [1.54, 1.807) is 30.6 Å². The molecule has 7 nitrogen and oxygen atoms in total. The van der Waals surface area contributed by atoms with E-state index in [-0.39, 0.29) is 5.91 Å². The number of thiophene rings is 1. The number of nitrogens with one attached hydrogen (secondary N) is 1. The molecule has 1 N–H and O–H groups in total. The Morgan fingerprint density at radius 3 is 2.70 bits per heavy atom. The second-order valence-electron chi connectivity index (χ2n) is 7.63. The van der Waals surface area contributed by atoms with Gasteiger partial charge in [0.2, 0.25) is 0 Å². The Labute approximate surface area is 179 Å². The molecule has 1 aliphatic heterocycles. The zero-order valence-corrected chi connectivity index (χ0v) is 18.1. The molecular formula is C22H24N4O3S. The summed E-state index contributed by atoms with van der Waals surface area (Å²) >= 11 is 1.51. The molecule has 3 heterocycles. The molecular weight excluding hydrogens is 400 g/mol. The van der Waals surface area contributed by atoms with Crippen LogP contribution in [-0.2, 0) is 4.74 Å². The maximum atomic E-state index is 13.2. The molecule has 0 spiro atoms. The summed E-state index contributed by atoms with van der Waals surface area (Å²) in [5.41, 5.74) is 1.65. The average molecular weight is 425 g/mol. The van der Waals surface area contributed by atoms with Gasteiger partial charge in [0.15, 0.2) is 0 Å². The Balaban J connectivity index is 1.67. The summed E-state index contributed by atoms with van der Waals surface area (Å²) in [7, 11) is 1.34. The number of aromatic nitrogens is 2. The van der Waals surface area contributed by atoms with Crippen molar-refractivity contribution in [1.82, 2.24) is 9.97 Å². The number of rotatable bonds is 4. The first-order valence-electron chi connectivity index (χ1n) is 9.96. The molecule has 2 aromatic heterocycles. The number of aryl methyl sites for hydroxylation is 1. The molecule has 0 radical (unpaired) electrons. The van der Waals surface area contributed by atoms with Crippen molar-refractivity contribution in [2.45, 2.75) is 26.7 Å². The molecule has 156 valence electrons. The lowest BCUT2D eigenvalue weighted by molar-refractivity contribution is 0.0600. The van der Waals surface area contributed by atoms with Crippen LogP contribution in [0.5, 0.6) is 0 Å². The van der Waals surface area contributed by atoms with Gasteiger partial charge in [-0.2, -0.15) is 0 Å². The zero-order valence-electron chi connectivity index (χ0n) is 17.3. The van der Waals surface area contributed by atoms with E-state index in [2.05, 4.69) is 27.1 Å². The molecule has 30 heavy (non-hydrogen) atoms. The van der Waals surface area contributed by atoms with E-state index in [1.807, 2.05) is 6.92 Å². The number of ether oxygens (including phenoxy) is 1. The molecule has 1 atom stereocenters. The first kappa shape index (κ1) is 20.3. The second-order valence-corrected chi connectivity index (χ2v) is 8.83. The molecule has 1 fully saturated rings. The number of carbonyl (C=O) groups excluding carboxylic acids is 2. The second kappa shape index (κ2) is 8.39. The van der Waals surface area contributed by atoms with Gasteiger partial charge in [-0.3, -0.25) is 4.79 Å². The van der Waals surface area contributed by atoms with Crippen molar-refractivity contribution in [3.05, 3.63) is 46.6 Å². The molecule has 1 saturated heterocycles. The van der Waals surface area contributed by atoms with Crippen LogP contribution in [0.3, 0.4) is 0 Å². The smallest absolute Gasteiger partial charge is 0.337 e. The summed E-state index contributed by atoms with van der Waals surface area (Å²) in [6.45, 7) is 6.04. The monoisotopic (exact) mass is 424 g/mol. The molecule has 8 heteroatoms. The molecule has 0 bridgehead atoms. The van der Waals surface area contributed by atoms with Crippen molar-refractivity contribution >= 4 is 44.9 Å². The van der Waals surface area contributed by atoms with Crippen molar-refractivity contribution < 1.29 is 14.3 Å². The van der Waals surface area contributed by atoms with Gasteiger partial charge >= 0.3 is 5.97 Å². The van der Waals surface area contributed by atoms with Gasteiger partial charge in [0.1, 0.15) is 17.0 Å². The van der Waals surface area contributed by atoms with E-state index in [0.29, 0.717) is 22.7 Å². The van der Waals surface area contributed by atoms with E-state index >= 15 is 0 Å². The SMILES string of the molecule is COC(=O)c1ccc(NC(=O)c2c(C)sc3ncnc(N4CCC[C@@H](C)C4)c23)cc1. The number of amides is 1. The largest absolute Gasteiger partial charge is 0.465 e. The van der Waals surface area contributed by atoms with Crippen LogP contribution in [0.2, 0.25) is 0 Å². The first-order valence-corrected chi connectivity index (χ1v) is 10.8. The summed E-state index contributed by atoms with van der Waals surface area (Å²) in [4.78, 5) is 37.8. The highest BCUT2D eigenvalue weighted by Crippen LogP contribution is 2.36. The molecule has 0 aliphatic carbocycles. The van der Waals surface area contributed by atoms with Crippen LogP contribution in [0.1, 0.15) is 45.4 Å². The van der Waals surface area contributed by atoms with E-state index < -0.39 is 5.97 Å². The van der Waals surface area contributed by atoms with Gasteiger partial charge in [-0.25, -0.2) is 14.8 Å². The lowest BCUT2D eigenvalue weighted by Gasteiger charge is -2.32. The standard InChI is InChI=1S/C22H24N4O3S/c1-13-5-4-10-26(11-13)19-18-17(14(2)30-21(18)24-12-23-19)20(27)25-16-8-6-15(7-9-16)22(28)29-3/h6-9,12-13H,4-5,10-11H2,1-3H3,(H,25,27)/t13-/m1/s1. The van der Waals surface area contributed by atoms with E-state index in [0.717, 1.165) is 40.4 Å². The number of anilines is 2. The quantitative estimate of drug-likeness (QED) is 0.630. The third kappa shape index (κ3) is 3.87. The van der Waals surface area contributed by atoms with E-state index in [1.165, 1.54) is 24.9 Å². The minimum Gasteiger partial charge on any atom is -0.465 e. The number of nitrogens with zero attached hydrogens (tertiary/aromatic N) is 3. The highest BCUT2D eigenvalue weighted by atomic mass is 32.1. The van der Waals surface area contributed by atoms with Gasteiger partial charge in [0, 0.05) is 23.7 Å². The Bertz CT molecular complexity index is 1090. The van der Waals surface area contributed by atoms with Crippen LogP contribution in [0.25, 0.3) is 10.2 Å². The highest BCUT2D eigenvalue weighted by Gasteiger charge is 2.26. The van der Waals surface area contributed by atoms with Crippen LogP contribution in [0.4, 0.5) is 11.5 Å². The molecule has 0 unspecified atom stereocenters. The summed E-state index contributed by atoms with van der Waals surface area (Å²) in [5, 5.41) is 3.76. The molecule has 3 aromatic rings. The third-order valence-electron chi connectivity index (χ3n) is 5.39. The van der Waals surface area contributed by atoms with Gasteiger partial charge in [-0.05, 0) is 49.9 Å². The maximum absolute atomic E-state index is 13.2. The Morgan fingerprint density at radius 2 is 2.00 bits per heavy atom. The Morgan fingerprint density at radius 1 is 1.23 bits per heavy atom. The highest BCUT2D eigenvalue weighted by molar-refractivity contribution is 7.19. The van der Waals surface area contributed by atoms with Crippen molar-refractivity contribution in [3.63, 3.8) is 0 Å². The number of piperidine rings is 1. The van der Waals surface area contributed by atoms with Crippen molar-refractivity contribution in [2.24, 2.45) is 5.92 Å². The molecule has 1 aromatic carbocycles. The van der Waals surface area contributed by atoms with Gasteiger partial charge < -0.3 is 15.0 Å². The number of hydrogen-bond acceptors (Lipinski definition) is 7. The molecule has 1 aliphatic rings. The zero-order chi connectivity index (χ0) is 21.3. The van der Waals surface area contributed by atoms with Crippen molar-refractivity contribution in [3.8, 4) is 0 Å². The van der Waals surface area contributed by atoms with E-state index in [4.69, 9.17) is 4.74 Å². The maximum Gasteiger partial charge on any atom is 0.337 e. The number of fused-ring (bicyclic) bond motifs is 1. The van der Waals surface area contributed by atoms with Gasteiger partial charge in [-0.15, -0.1) is 11.3 Å². The summed E-state index contributed by atoms with van der Waals surface area (Å²) in [6.07, 6.45) is 3.91. The fraction of sp³-hybridized carbons (Fsp3) is 0.364. The van der Waals surface area contributed by atoms with Crippen LogP contribution in [0.15, 0.2) is 30.6 Å². The van der Waals surface area contributed by atoms with Gasteiger partial charge in [-0.1, -0.05) is 6.92 Å². The van der Waals surface area contributed by atoms with Crippen molar-refractivity contribution in [1.29, 1.82) is 0 Å². The molecule has 1 amide bonds. The Hall–Kier alpha value is -3.00. The normalized spacial score (nSPS) is 16.5. The fourth-order valence-corrected chi connectivity index (χ4v) is 4.91. The lowest BCUT2D eigenvalue weighted by Crippen LogP contribution is -2.35. The molecule has 0 saturated carbocycles. The number of benzene rings is 1.